The monoisotopic (exact) mass is 391 g/mol. The van der Waals surface area contributed by atoms with E-state index in [2.05, 4.69) is 27.8 Å². The molecule has 1 aromatic carbocycles. The number of benzene rings is 1. The van der Waals surface area contributed by atoms with Crippen LogP contribution in [-0.4, -0.2) is 49.5 Å². The normalized spacial score (nSPS) is 11.4. The molecule has 1 aromatic heterocycles. The van der Waals surface area contributed by atoms with E-state index in [1.807, 2.05) is 0 Å². The van der Waals surface area contributed by atoms with E-state index in [0.717, 1.165) is 30.1 Å². The molecule has 0 aliphatic rings. The van der Waals surface area contributed by atoms with E-state index in [4.69, 9.17) is 0 Å². The summed E-state index contributed by atoms with van der Waals surface area (Å²) in [4.78, 5) is 12.4. The molecule has 0 fully saturated rings. The summed E-state index contributed by atoms with van der Waals surface area (Å²) in [5, 5.41) is 13.8. The van der Waals surface area contributed by atoms with E-state index in [1.54, 1.807) is 12.1 Å². The van der Waals surface area contributed by atoms with Crippen molar-refractivity contribution in [2.24, 2.45) is 0 Å². The SMILES string of the molecule is CCCCCNc1ccc(NC(=O)c2ccc(S(=O)(=O)N(C)C)cc2)nn1. The van der Waals surface area contributed by atoms with Gasteiger partial charge in [-0.1, -0.05) is 19.8 Å². The van der Waals surface area contributed by atoms with Gasteiger partial charge in [-0.3, -0.25) is 4.79 Å². The molecule has 0 aliphatic carbocycles. The van der Waals surface area contributed by atoms with Crippen LogP contribution in [0.4, 0.5) is 11.6 Å². The Bertz CT molecular complexity index is 850. The molecule has 0 radical (unpaired) electrons. The summed E-state index contributed by atoms with van der Waals surface area (Å²) < 4.78 is 25.2. The third-order valence-electron chi connectivity index (χ3n) is 3.89. The highest BCUT2D eigenvalue weighted by atomic mass is 32.2. The Hall–Kier alpha value is -2.52. The van der Waals surface area contributed by atoms with Gasteiger partial charge in [-0.25, -0.2) is 12.7 Å². The second-order valence-electron chi connectivity index (χ2n) is 6.20. The van der Waals surface area contributed by atoms with Gasteiger partial charge in [-0.2, -0.15) is 0 Å². The highest BCUT2D eigenvalue weighted by Gasteiger charge is 2.17. The maximum atomic E-state index is 12.3. The molecular formula is C18H25N5O3S. The van der Waals surface area contributed by atoms with Crippen molar-refractivity contribution in [1.29, 1.82) is 0 Å². The van der Waals surface area contributed by atoms with E-state index in [-0.39, 0.29) is 10.8 Å². The number of hydrogen-bond donors (Lipinski definition) is 2. The van der Waals surface area contributed by atoms with Crippen LogP contribution in [-0.2, 0) is 10.0 Å². The molecule has 2 aromatic rings. The summed E-state index contributed by atoms with van der Waals surface area (Å²) in [5.41, 5.74) is 0.330. The van der Waals surface area contributed by atoms with Crippen molar-refractivity contribution in [3.05, 3.63) is 42.0 Å². The first-order valence-corrected chi connectivity index (χ1v) is 10.2. The molecule has 0 saturated heterocycles. The molecule has 2 N–H and O–H groups in total. The molecule has 0 aliphatic heterocycles. The lowest BCUT2D eigenvalue weighted by atomic mass is 10.2. The molecular weight excluding hydrogens is 366 g/mol. The molecule has 9 heteroatoms. The zero-order valence-electron chi connectivity index (χ0n) is 15.8. The average molecular weight is 391 g/mol. The van der Waals surface area contributed by atoms with Gasteiger partial charge in [0.25, 0.3) is 5.91 Å². The Morgan fingerprint density at radius 2 is 1.63 bits per heavy atom. The molecule has 1 heterocycles. The number of rotatable bonds is 9. The highest BCUT2D eigenvalue weighted by molar-refractivity contribution is 7.89. The number of anilines is 2. The molecule has 0 unspecified atom stereocenters. The van der Waals surface area contributed by atoms with Gasteiger partial charge in [0.05, 0.1) is 4.90 Å². The first-order chi connectivity index (χ1) is 12.8. The van der Waals surface area contributed by atoms with Gasteiger partial charge in [-0.15, -0.1) is 10.2 Å². The molecule has 27 heavy (non-hydrogen) atoms. The van der Waals surface area contributed by atoms with Crippen LogP contribution in [0, 0.1) is 0 Å². The Labute approximate surface area is 160 Å². The van der Waals surface area contributed by atoms with Gasteiger partial charge in [0.2, 0.25) is 10.0 Å². The molecule has 0 saturated carbocycles. The third kappa shape index (κ3) is 5.73. The van der Waals surface area contributed by atoms with E-state index in [0.29, 0.717) is 17.2 Å². The van der Waals surface area contributed by atoms with Gasteiger partial charge < -0.3 is 10.6 Å². The number of aromatic nitrogens is 2. The van der Waals surface area contributed by atoms with Crippen LogP contribution in [0.15, 0.2) is 41.3 Å². The molecule has 146 valence electrons. The van der Waals surface area contributed by atoms with Crippen molar-refractivity contribution in [2.45, 2.75) is 31.1 Å². The average Bonchev–Trinajstić information content (AvgIpc) is 2.66. The van der Waals surface area contributed by atoms with Gasteiger partial charge >= 0.3 is 0 Å². The number of carbonyl (C=O) groups excluding carboxylic acids is 1. The first kappa shape index (κ1) is 20.8. The van der Waals surface area contributed by atoms with Gasteiger partial charge in [0.1, 0.15) is 5.82 Å². The van der Waals surface area contributed by atoms with Crippen LogP contribution in [0.2, 0.25) is 0 Å². The first-order valence-electron chi connectivity index (χ1n) is 8.76. The van der Waals surface area contributed by atoms with E-state index < -0.39 is 10.0 Å². The molecule has 0 spiro atoms. The number of carbonyl (C=O) groups is 1. The molecule has 1 amide bonds. The van der Waals surface area contributed by atoms with Crippen molar-refractivity contribution in [3.8, 4) is 0 Å². The predicted molar refractivity (Wildman–Crippen MR) is 105 cm³/mol. The molecule has 0 bridgehead atoms. The molecule has 8 nitrogen and oxygen atoms in total. The second kappa shape index (κ2) is 9.43. The summed E-state index contributed by atoms with van der Waals surface area (Å²) in [6.45, 7) is 2.97. The fourth-order valence-electron chi connectivity index (χ4n) is 2.26. The lowest BCUT2D eigenvalue weighted by Gasteiger charge is -2.11. The maximum Gasteiger partial charge on any atom is 0.256 e. The zero-order valence-corrected chi connectivity index (χ0v) is 16.6. The Morgan fingerprint density at radius 3 is 2.19 bits per heavy atom. The summed E-state index contributed by atoms with van der Waals surface area (Å²) in [7, 11) is -0.612. The van der Waals surface area contributed by atoms with Crippen LogP contribution in [0.5, 0.6) is 0 Å². The lowest BCUT2D eigenvalue weighted by molar-refractivity contribution is 0.102. The minimum Gasteiger partial charge on any atom is -0.369 e. The number of nitrogens with one attached hydrogen (secondary N) is 2. The van der Waals surface area contributed by atoms with Crippen molar-refractivity contribution in [1.82, 2.24) is 14.5 Å². The lowest BCUT2D eigenvalue weighted by Crippen LogP contribution is -2.22. The fraction of sp³-hybridized carbons (Fsp3) is 0.389. The summed E-state index contributed by atoms with van der Waals surface area (Å²) in [6, 6.07) is 9.14. The summed E-state index contributed by atoms with van der Waals surface area (Å²) >= 11 is 0. The molecule has 0 atom stereocenters. The number of nitrogens with zero attached hydrogens (tertiary/aromatic N) is 3. The standard InChI is InChI=1S/C18H25N5O3S/c1-4-5-6-13-19-16-11-12-17(22-21-16)20-18(24)14-7-9-15(10-8-14)27(25,26)23(2)3/h7-12H,4-6,13H2,1-3H3,(H,19,21)(H,20,22,24). The number of amides is 1. The minimum atomic E-state index is -3.52. The van der Waals surface area contributed by atoms with Crippen molar-refractivity contribution in [2.75, 3.05) is 31.3 Å². The van der Waals surface area contributed by atoms with Crippen molar-refractivity contribution < 1.29 is 13.2 Å². The predicted octanol–water partition coefficient (Wildman–Crippen LogP) is 2.58. The van der Waals surface area contributed by atoms with Crippen LogP contribution < -0.4 is 10.6 Å². The maximum absolute atomic E-state index is 12.3. The topological polar surface area (TPSA) is 104 Å². The number of sulfonamides is 1. The molecule has 2 rings (SSSR count). The smallest absolute Gasteiger partial charge is 0.256 e. The van der Waals surface area contributed by atoms with Gasteiger partial charge in [0, 0.05) is 26.2 Å². The van der Waals surface area contributed by atoms with Gasteiger partial charge in [-0.05, 0) is 42.8 Å². The van der Waals surface area contributed by atoms with E-state index in [1.165, 1.54) is 38.4 Å². The Morgan fingerprint density at radius 1 is 1.00 bits per heavy atom. The quantitative estimate of drug-likeness (QED) is 0.637. The van der Waals surface area contributed by atoms with Crippen LogP contribution in [0.1, 0.15) is 36.5 Å². The van der Waals surface area contributed by atoms with Gasteiger partial charge in [0.15, 0.2) is 5.82 Å². The summed E-state index contributed by atoms with van der Waals surface area (Å²) in [5.74, 6) is 0.591. The summed E-state index contributed by atoms with van der Waals surface area (Å²) in [6.07, 6.45) is 3.37. The van der Waals surface area contributed by atoms with E-state index in [9.17, 15) is 13.2 Å². The largest absolute Gasteiger partial charge is 0.369 e. The second-order valence-corrected chi connectivity index (χ2v) is 8.36. The Kier molecular flexibility index (Phi) is 7.26. The number of hydrogen-bond acceptors (Lipinski definition) is 6. The van der Waals surface area contributed by atoms with Crippen LogP contribution in [0.25, 0.3) is 0 Å². The van der Waals surface area contributed by atoms with Crippen molar-refractivity contribution in [3.63, 3.8) is 0 Å². The Balaban J connectivity index is 1.97. The number of unbranched alkanes of at least 4 members (excludes halogenated alkanes) is 2. The minimum absolute atomic E-state index is 0.127. The van der Waals surface area contributed by atoms with Crippen LogP contribution in [0.3, 0.4) is 0 Å². The fourth-order valence-corrected chi connectivity index (χ4v) is 3.16. The third-order valence-corrected chi connectivity index (χ3v) is 5.72. The zero-order chi connectivity index (χ0) is 19.9. The van der Waals surface area contributed by atoms with Crippen molar-refractivity contribution >= 4 is 27.6 Å². The highest BCUT2D eigenvalue weighted by Crippen LogP contribution is 2.15. The van der Waals surface area contributed by atoms with Crippen LogP contribution >= 0.6 is 0 Å². The van der Waals surface area contributed by atoms with E-state index >= 15 is 0 Å².